The first-order valence-corrected chi connectivity index (χ1v) is 8.13. The lowest BCUT2D eigenvalue weighted by atomic mass is 9.82. The molecule has 21 heavy (non-hydrogen) atoms. The van der Waals surface area contributed by atoms with E-state index < -0.39 is 5.97 Å². The van der Waals surface area contributed by atoms with Crippen LogP contribution in [0.5, 0.6) is 0 Å². The normalized spacial score (nSPS) is 24.6. The maximum atomic E-state index is 11.4. The molecule has 1 aromatic rings. The summed E-state index contributed by atoms with van der Waals surface area (Å²) in [5, 5.41) is 12.7. The first kappa shape index (κ1) is 14.4. The highest BCUT2D eigenvalue weighted by molar-refractivity contribution is 5.93. The third-order valence-electron chi connectivity index (χ3n) is 4.88. The minimum absolute atomic E-state index is 0.333. The summed E-state index contributed by atoms with van der Waals surface area (Å²) in [7, 11) is 0. The van der Waals surface area contributed by atoms with Crippen molar-refractivity contribution in [1.29, 1.82) is 0 Å². The molecule has 2 aliphatic rings. The van der Waals surface area contributed by atoms with Crippen molar-refractivity contribution in [3.05, 3.63) is 22.9 Å². The van der Waals surface area contributed by atoms with Gasteiger partial charge in [-0.25, -0.2) is 9.78 Å². The van der Waals surface area contributed by atoms with Gasteiger partial charge in [0, 0.05) is 12.2 Å². The number of hydrogen-bond acceptors (Lipinski definition) is 3. The number of aryl methyl sites for hydroxylation is 2. The van der Waals surface area contributed by atoms with Gasteiger partial charge in [-0.15, -0.1) is 0 Å². The Balaban J connectivity index is 1.73. The number of nitrogens with zero attached hydrogens (tertiary/aromatic N) is 1. The number of carbonyl (C=O) groups is 1. The molecule has 114 valence electrons. The molecular weight excluding hydrogens is 264 g/mol. The summed E-state index contributed by atoms with van der Waals surface area (Å²) in [4.78, 5) is 16.0. The monoisotopic (exact) mass is 288 g/mol. The number of aromatic carboxylic acids is 1. The third-order valence-corrected chi connectivity index (χ3v) is 4.88. The lowest BCUT2D eigenvalue weighted by Gasteiger charge is -2.27. The van der Waals surface area contributed by atoms with E-state index in [-0.39, 0.29) is 0 Å². The van der Waals surface area contributed by atoms with Gasteiger partial charge in [-0.05, 0) is 55.6 Å². The van der Waals surface area contributed by atoms with E-state index in [1.54, 1.807) is 0 Å². The van der Waals surface area contributed by atoms with Gasteiger partial charge in [-0.3, -0.25) is 0 Å². The smallest absolute Gasteiger partial charge is 0.339 e. The van der Waals surface area contributed by atoms with Crippen molar-refractivity contribution in [2.45, 2.75) is 51.9 Å². The second kappa shape index (κ2) is 6.04. The van der Waals surface area contributed by atoms with Gasteiger partial charge >= 0.3 is 5.97 Å². The van der Waals surface area contributed by atoms with Gasteiger partial charge < -0.3 is 10.4 Å². The molecule has 2 N–H and O–H groups in total. The van der Waals surface area contributed by atoms with Gasteiger partial charge in [0.15, 0.2) is 0 Å². The van der Waals surface area contributed by atoms with Gasteiger partial charge in [-0.2, -0.15) is 0 Å². The van der Waals surface area contributed by atoms with Crippen molar-refractivity contribution < 1.29 is 9.90 Å². The number of aromatic nitrogens is 1. The topological polar surface area (TPSA) is 62.2 Å². The zero-order chi connectivity index (χ0) is 14.8. The molecule has 0 spiro atoms. The minimum Gasteiger partial charge on any atom is -0.478 e. The molecule has 2 aliphatic carbocycles. The molecule has 0 aromatic carbocycles. The number of fused-ring (bicyclic) bond motifs is 1. The largest absolute Gasteiger partial charge is 0.478 e. The van der Waals surface area contributed by atoms with Crippen LogP contribution >= 0.6 is 0 Å². The van der Waals surface area contributed by atoms with E-state index in [0.717, 1.165) is 43.0 Å². The summed E-state index contributed by atoms with van der Waals surface area (Å²) < 4.78 is 0. The zero-order valence-electron chi connectivity index (χ0n) is 12.7. The predicted octanol–water partition coefficient (Wildman–Crippen LogP) is 3.51. The van der Waals surface area contributed by atoms with Crippen molar-refractivity contribution in [2.75, 3.05) is 11.9 Å². The molecule has 1 aromatic heterocycles. The molecule has 2 atom stereocenters. The highest BCUT2D eigenvalue weighted by Crippen LogP contribution is 2.30. The van der Waals surface area contributed by atoms with E-state index in [2.05, 4.69) is 17.2 Å². The third kappa shape index (κ3) is 3.20. The van der Waals surface area contributed by atoms with Crippen molar-refractivity contribution in [1.82, 2.24) is 4.98 Å². The van der Waals surface area contributed by atoms with Crippen molar-refractivity contribution >= 4 is 11.8 Å². The molecule has 0 aliphatic heterocycles. The van der Waals surface area contributed by atoms with Crippen LogP contribution in [0.1, 0.15) is 60.6 Å². The molecule has 1 fully saturated rings. The number of rotatable bonds is 4. The Morgan fingerprint density at radius 2 is 2.24 bits per heavy atom. The summed E-state index contributed by atoms with van der Waals surface area (Å²) in [5.74, 6) is 1.13. The lowest BCUT2D eigenvalue weighted by molar-refractivity contribution is 0.0697. The van der Waals surface area contributed by atoms with Crippen LogP contribution in [0.15, 0.2) is 6.07 Å². The van der Waals surface area contributed by atoms with Crippen LogP contribution in [-0.2, 0) is 12.8 Å². The highest BCUT2D eigenvalue weighted by atomic mass is 16.4. The van der Waals surface area contributed by atoms with E-state index in [9.17, 15) is 9.90 Å². The molecule has 0 radical (unpaired) electrons. The van der Waals surface area contributed by atoms with Gasteiger partial charge in [0.2, 0.25) is 0 Å². The zero-order valence-corrected chi connectivity index (χ0v) is 12.7. The summed E-state index contributed by atoms with van der Waals surface area (Å²) in [6.07, 6.45) is 8.12. The van der Waals surface area contributed by atoms with Gasteiger partial charge in [0.25, 0.3) is 0 Å². The standard InChI is InChI=1S/C17H24N2O2/c1-11-4-2-5-12(8-11)10-18-16-14(17(20)21)9-13-6-3-7-15(13)19-16/h9,11-12H,2-8,10H2,1H3,(H,18,19)(H,20,21). The maximum Gasteiger partial charge on any atom is 0.339 e. The lowest BCUT2D eigenvalue weighted by Crippen LogP contribution is -2.22. The maximum absolute atomic E-state index is 11.4. The molecular formula is C17H24N2O2. The fraction of sp³-hybridized carbons (Fsp3) is 0.647. The number of nitrogens with one attached hydrogen (secondary N) is 1. The van der Waals surface area contributed by atoms with Crippen LogP contribution in [0.4, 0.5) is 5.82 Å². The van der Waals surface area contributed by atoms with Gasteiger partial charge in [0.05, 0.1) is 0 Å². The van der Waals surface area contributed by atoms with Crippen LogP contribution in [-0.4, -0.2) is 22.6 Å². The molecule has 1 saturated carbocycles. The molecule has 0 saturated heterocycles. The summed E-state index contributed by atoms with van der Waals surface area (Å²) in [5.41, 5.74) is 2.53. The van der Waals surface area contributed by atoms with Crippen LogP contribution in [0, 0.1) is 11.8 Å². The van der Waals surface area contributed by atoms with Gasteiger partial charge in [0.1, 0.15) is 11.4 Å². The Hall–Kier alpha value is -1.58. The quantitative estimate of drug-likeness (QED) is 0.890. The second-order valence-electron chi connectivity index (χ2n) is 6.67. The summed E-state index contributed by atoms with van der Waals surface area (Å²) >= 11 is 0. The number of carboxylic acids is 1. The molecule has 4 heteroatoms. The number of pyridine rings is 1. The fourth-order valence-corrected chi connectivity index (χ4v) is 3.76. The number of hydrogen-bond donors (Lipinski definition) is 2. The van der Waals surface area contributed by atoms with Crippen LogP contribution in [0.2, 0.25) is 0 Å². The predicted molar refractivity (Wildman–Crippen MR) is 82.8 cm³/mol. The molecule has 1 heterocycles. The molecule has 2 unspecified atom stereocenters. The van der Waals surface area contributed by atoms with E-state index in [1.807, 2.05) is 6.07 Å². The highest BCUT2D eigenvalue weighted by Gasteiger charge is 2.22. The van der Waals surface area contributed by atoms with Crippen LogP contribution < -0.4 is 5.32 Å². The van der Waals surface area contributed by atoms with E-state index in [0.29, 0.717) is 17.3 Å². The molecule has 0 bridgehead atoms. The van der Waals surface area contributed by atoms with Crippen LogP contribution in [0.3, 0.4) is 0 Å². The number of carboxylic acid groups (broad SMARTS) is 1. The van der Waals surface area contributed by atoms with E-state index in [4.69, 9.17) is 0 Å². The molecule has 0 amide bonds. The Morgan fingerprint density at radius 1 is 1.38 bits per heavy atom. The van der Waals surface area contributed by atoms with Gasteiger partial charge in [-0.1, -0.05) is 19.8 Å². The summed E-state index contributed by atoms with van der Waals surface area (Å²) in [6, 6.07) is 1.82. The van der Waals surface area contributed by atoms with Crippen molar-refractivity contribution in [3.8, 4) is 0 Å². The van der Waals surface area contributed by atoms with E-state index in [1.165, 1.54) is 25.7 Å². The van der Waals surface area contributed by atoms with Crippen LogP contribution in [0.25, 0.3) is 0 Å². The number of anilines is 1. The van der Waals surface area contributed by atoms with Crippen molar-refractivity contribution in [2.24, 2.45) is 11.8 Å². The SMILES string of the molecule is CC1CCCC(CNc2nc3c(cc2C(=O)O)CCC3)C1. The second-order valence-corrected chi connectivity index (χ2v) is 6.67. The molecule has 4 nitrogen and oxygen atoms in total. The Labute approximate surface area is 126 Å². The summed E-state index contributed by atoms with van der Waals surface area (Å²) in [6.45, 7) is 3.15. The Kier molecular flexibility index (Phi) is 4.13. The fourth-order valence-electron chi connectivity index (χ4n) is 3.76. The first-order chi connectivity index (χ1) is 10.1. The Morgan fingerprint density at radius 3 is 3.00 bits per heavy atom. The first-order valence-electron chi connectivity index (χ1n) is 8.13. The van der Waals surface area contributed by atoms with Crippen molar-refractivity contribution in [3.63, 3.8) is 0 Å². The van der Waals surface area contributed by atoms with E-state index >= 15 is 0 Å². The molecule has 3 rings (SSSR count). The average molecular weight is 288 g/mol. The Bertz CT molecular complexity index is 542. The average Bonchev–Trinajstić information content (AvgIpc) is 2.91. The minimum atomic E-state index is -0.878.